The van der Waals surface area contributed by atoms with Gasteiger partial charge >= 0.3 is 0 Å². The molecule has 1 aliphatic heterocycles. The lowest BCUT2D eigenvalue weighted by molar-refractivity contribution is 0.0957. The van der Waals surface area contributed by atoms with Gasteiger partial charge in [-0.15, -0.1) is 11.3 Å². The number of rotatable bonds is 3. The maximum Gasteiger partial charge on any atom is 0.261 e. The second-order valence-electron chi connectivity index (χ2n) is 3.58. The molecular weight excluding hydrogens is 374 g/mol. The van der Waals surface area contributed by atoms with E-state index in [-0.39, 0.29) is 5.91 Å². The van der Waals surface area contributed by atoms with Gasteiger partial charge in [-0.3, -0.25) is 4.79 Å². The number of hydrogen-bond acceptors (Lipinski definition) is 3. The van der Waals surface area contributed by atoms with Crippen LogP contribution in [0.25, 0.3) is 0 Å². The van der Waals surface area contributed by atoms with E-state index in [1.165, 1.54) is 29.9 Å². The maximum absolute atomic E-state index is 11.8. The van der Waals surface area contributed by atoms with E-state index < -0.39 is 0 Å². The lowest BCUT2D eigenvalue weighted by Gasteiger charge is -2.08. The monoisotopic (exact) mass is 383 g/mol. The molecule has 0 aliphatic carbocycles. The van der Waals surface area contributed by atoms with Crippen LogP contribution in [0, 0.1) is 0 Å². The molecule has 2 rings (SSSR count). The van der Waals surface area contributed by atoms with Crippen LogP contribution in [0.15, 0.2) is 14.3 Å². The maximum atomic E-state index is 11.8. The van der Waals surface area contributed by atoms with Crippen LogP contribution < -0.4 is 5.32 Å². The SMILES string of the molecule is O=C(NCC1CCCS1)c1cc(Br)c(Br)s1. The van der Waals surface area contributed by atoms with Crippen molar-refractivity contribution in [2.45, 2.75) is 18.1 Å². The number of nitrogens with one attached hydrogen (secondary N) is 1. The fourth-order valence-corrected chi connectivity index (χ4v) is 4.71. The minimum atomic E-state index is 0.0314. The number of hydrogen-bond donors (Lipinski definition) is 1. The first-order chi connectivity index (χ1) is 7.66. The predicted octanol–water partition coefficient (Wildman–Crippen LogP) is 3.90. The highest BCUT2D eigenvalue weighted by Crippen LogP contribution is 2.32. The van der Waals surface area contributed by atoms with E-state index in [0.717, 1.165) is 19.7 Å². The van der Waals surface area contributed by atoms with Crippen LogP contribution in [0.1, 0.15) is 22.5 Å². The Morgan fingerprint density at radius 1 is 1.56 bits per heavy atom. The molecule has 0 saturated carbocycles. The van der Waals surface area contributed by atoms with Gasteiger partial charge < -0.3 is 5.32 Å². The van der Waals surface area contributed by atoms with E-state index in [9.17, 15) is 4.79 Å². The second-order valence-corrected chi connectivity index (χ2v) is 8.21. The minimum Gasteiger partial charge on any atom is -0.350 e. The normalized spacial score (nSPS) is 20.0. The summed E-state index contributed by atoms with van der Waals surface area (Å²) in [4.78, 5) is 12.6. The molecular formula is C10H11Br2NOS2. The van der Waals surface area contributed by atoms with E-state index in [1.54, 1.807) is 0 Å². The zero-order valence-electron chi connectivity index (χ0n) is 8.46. The summed E-state index contributed by atoms with van der Waals surface area (Å²) >= 11 is 10.2. The average molecular weight is 385 g/mol. The number of carbonyl (C=O) groups excluding carboxylic acids is 1. The summed E-state index contributed by atoms with van der Waals surface area (Å²) in [6, 6.07) is 1.85. The Morgan fingerprint density at radius 2 is 2.38 bits per heavy atom. The Kier molecular flexibility index (Phi) is 4.76. The Labute approximate surface area is 120 Å². The lowest BCUT2D eigenvalue weighted by Crippen LogP contribution is -2.29. The van der Waals surface area contributed by atoms with Crippen LogP contribution in [0.4, 0.5) is 0 Å². The molecule has 2 nitrogen and oxygen atoms in total. The second kappa shape index (κ2) is 5.89. The third-order valence-electron chi connectivity index (χ3n) is 2.38. The van der Waals surface area contributed by atoms with Gasteiger partial charge in [0.15, 0.2) is 0 Å². The van der Waals surface area contributed by atoms with Crippen molar-refractivity contribution in [3.8, 4) is 0 Å². The first-order valence-electron chi connectivity index (χ1n) is 5.01. The number of thiophene rings is 1. The topological polar surface area (TPSA) is 29.1 Å². The molecule has 1 N–H and O–H groups in total. The first kappa shape index (κ1) is 12.9. The molecule has 0 bridgehead atoms. The predicted molar refractivity (Wildman–Crippen MR) is 77.5 cm³/mol. The highest BCUT2D eigenvalue weighted by atomic mass is 79.9. The number of carbonyl (C=O) groups is 1. The van der Waals surface area contributed by atoms with Crippen molar-refractivity contribution in [3.63, 3.8) is 0 Å². The molecule has 1 fully saturated rings. The van der Waals surface area contributed by atoms with Crippen LogP contribution in [-0.4, -0.2) is 23.5 Å². The van der Waals surface area contributed by atoms with Gasteiger partial charge in [-0.2, -0.15) is 11.8 Å². The number of thioether (sulfide) groups is 1. The molecule has 16 heavy (non-hydrogen) atoms. The van der Waals surface area contributed by atoms with Crippen molar-refractivity contribution in [3.05, 3.63) is 19.2 Å². The summed E-state index contributed by atoms with van der Waals surface area (Å²) in [7, 11) is 0. The van der Waals surface area contributed by atoms with Crippen molar-refractivity contribution < 1.29 is 4.79 Å². The Bertz CT molecular complexity index is 369. The fourth-order valence-electron chi connectivity index (χ4n) is 1.56. The molecule has 6 heteroatoms. The van der Waals surface area contributed by atoms with Gasteiger partial charge in [0.05, 0.1) is 8.66 Å². The molecule has 0 spiro atoms. The smallest absolute Gasteiger partial charge is 0.261 e. The number of halogens is 2. The van der Waals surface area contributed by atoms with Crippen LogP contribution >= 0.6 is 55.0 Å². The largest absolute Gasteiger partial charge is 0.350 e. The molecule has 0 radical (unpaired) electrons. The molecule has 1 atom stereocenters. The van der Waals surface area contributed by atoms with Crippen LogP contribution in [0.2, 0.25) is 0 Å². The summed E-state index contributed by atoms with van der Waals surface area (Å²) < 4.78 is 1.91. The van der Waals surface area contributed by atoms with E-state index in [1.807, 2.05) is 17.8 Å². The molecule has 1 saturated heterocycles. The van der Waals surface area contributed by atoms with Crippen LogP contribution in [0.3, 0.4) is 0 Å². The zero-order chi connectivity index (χ0) is 11.5. The Morgan fingerprint density at radius 3 is 2.94 bits per heavy atom. The van der Waals surface area contributed by atoms with Gasteiger partial charge in [0.25, 0.3) is 5.91 Å². The van der Waals surface area contributed by atoms with Crippen molar-refractivity contribution >= 4 is 60.9 Å². The molecule has 1 amide bonds. The molecule has 2 heterocycles. The summed E-state index contributed by atoms with van der Waals surface area (Å²) in [6.45, 7) is 0.788. The van der Waals surface area contributed by atoms with Crippen molar-refractivity contribution in [1.82, 2.24) is 5.32 Å². The van der Waals surface area contributed by atoms with Gasteiger partial charge in [-0.25, -0.2) is 0 Å². The van der Waals surface area contributed by atoms with Crippen LogP contribution in [-0.2, 0) is 0 Å². The van der Waals surface area contributed by atoms with Crippen LogP contribution in [0.5, 0.6) is 0 Å². The summed E-state index contributed by atoms with van der Waals surface area (Å²) in [5.74, 6) is 1.26. The molecule has 1 unspecified atom stereocenters. The average Bonchev–Trinajstić information content (AvgIpc) is 2.86. The van der Waals surface area contributed by atoms with Gasteiger partial charge in [0, 0.05) is 16.3 Å². The summed E-state index contributed by atoms with van der Waals surface area (Å²) in [5, 5.41) is 3.60. The zero-order valence-corrected chi connectivity index (χ0v) is 13.3. The summed E-state index contributed by atoms with van der Waals surface area (Å²) in [6.07, 6.45) is 2.50. The highest BCUT2D eigenvalue weighted by molar-refractivity contribution is 9.13. The minimum absolute atomic E-state index is 0.0314. The van der Waals surface area contributed by atoms with Crippen molar-refractivity contribution in [2.24, 2.45) is 0 Å². The van der Waals surface area contributed by atoms with Gasteiger partial charge in [0.2, 0.25) is 0 Å². The highest BCUT2D eigenvalue weighted by Gasteiger charge is 2.17. The fraction of sp³-hybridized carbons (Fsp3) is 0.500. The molecule has 1 aromatic rings. The quantitative estimate of drug-likeness (QED) is 0.856. The van der Waals surface area contributed by atoms with E-state index in [2.05, 4.69) is 37.2 Å². The van der Waals surface area contributed by atoms with Gasteiger partial charge in [-0.05, 0) is 56.5 Å². The summed E-state index contributed by atoms with van der Waals surface area (Å²) in [5.41, 5.74) is 0. The Balaban J connectivity index is 1.87. The molecule has 88 valence electrons. The Hall–Kier alpha value is 0.480. The molecule has 1 aromatic heterocycles. The standard InChI is InChI=1S/C10H11Br2NOS2/c11-7-4-8(16-9(7)12)10(14)13-5-6-2-1-3-15-6/h4,6H,1-3,5H2,(H,13,14). The molecule has 1 aliphatic rings. The van der Waals surface area contributed by atoms with Crippen molar-refractivity contribution in [2.75, 3.05) is 12.3 Å². The number of amides is 1. The first-order valence-corrected chi connectivity index (χ1v) is 8.46. The third kappa shape index (κ3) is 3.24. The van der Waals surface area contributed by atoms with Gasteiger partial charge in [0.1, 0.15) is 0 Å². The molecule has 0 aromatic carbocycles. The van der Waals surface area contributed by atoms with Crippen molar-refractivity contribution in [1.29, 1.82) is 0 Å². The van der Waals surface area contributed by atoms with Gasteiger partial charge in [-0.1, -0.05) is 0 Å². The van der Waals surface area contributed by atoms with E-state index in [0.29, 0.717) is 5.25 Å². The van der Waals surface area contributed by atoms with E-state index >= 15 is 0 Å². The lowest BCUT2D eigenvalue weighted by atomic mass is 10.2. The third-order valence-corrected chi connectivity index (χ3v) is 7.04. The van der Waals surface area contributed by atoms with E-state index in [4.69, 9.17) is 0 Å².